The zero-order valence-corrected chi connectivity index (χ0v) is 25.5. The number of rotatable bonds is 6. The van der Waals surface area contributed by atoms with E-state index in [2.05, 4.69) is 40.8 Å². The zero-order chi connectivity index (χ0) is 31.3. The molecule has 10 nitrogen and oxygen atoms in total. The smallest absolute Gasteiger partial charge is 0.174 e. The Bertz CT molecular complexity index is 2200. The molecule has 4 aromatic carbocycles. The Morgan fingerprint density at radius 1 is 0.543 bits per heavy atom. The molecule has 0 unspecified atom stereocenters. The molecule has 8 rings (SSSR count). The van der Waals surface area contributed by atoms with Crippen LogP contribution < -0.4 is 10.6 Å². The van der Waals surface area contributed by atoms with Crippen LogP contribution in [-0.4, -0.2) is 39.5 Å². The third-order valence-corrected chi connectivity index (χ3v) is 7.32. The molecule has 0 aliphatic rings. The van der Waals surface area contributed by atoms with Gasteiger partial charge in [0.05, 0.1) is 42.0 Å². The number of nitrogens with zero attached hydrogens (tertiary/aromatic N) is 8. The first kappa shape index (κ1) is 28.9. The van der Waals surface area contributed by atoms with E-state index >= 15 is 0 Å². The first-order valence-electron chi connectivity index (χ1n) is 14.1. The lowest BCUT2D eigenvalue weighted by Crippen LogP contribution is -2.03. The number of aromatic nitrogens is 8. The average Bonchev–Trinajstić information content (AvgIpc) is 3.73. The molecule has 0 saturated carbocycles. The topological polar surface area (TPSA) is 111 Å². The van der Waals surface area contributed by atoms with Gasteiger partial charge >= 0.3 is 0 Å². The summed E-state index contributed by atoms with van der Waals surface area (Å²) in [6, 6.07) is 30.7. The van der Waals surface area contributed by atoms with Crippen LogP contribution in [-0.2, 0) is 0 Å². The van der Waals surface area contributed by atoms with Crippen LogP contribution in [0, 0.1) is 0 Å². The average molecular weight is 644 g/mol. The van der Waals surface area contributed by atoms with Gasteiger partial charge in [0.25, 0.3) is 0 Å². The molecule has 4 heterocycles. The highest BCUT2D eigenvalue weighted by Gasteiger charge is 2.08. The fourth-order valence-corrected chi connectivity index (χ4v) is 4.89. The second kappa shape index (κ2) is 13.0. The Hall–Kier alpha value is -5.84. The summed E-state index contributed by atoms with van der Waals surface area (Å²) < 4.78 is 3.50. The molecular formula is C34H24Cl2N10. The van der Waals surface area contributed by atoms with Crippen molar-refractivity contribution in [3.8, 4) is 11.6 Å². The van der Waals surface area contributed by atoms with Crippen LogP contribution in [0.1, 0.15) is 0 Å². The molecular weight excluding hydrogens is 619 g/mol. The molecule has 46 heavy (non-hydrogen) atoms. The maximum Gasteiger partial charge on any atom is 0.174 e. The minimum absolute atomic E-state index is 0.643. The van der Waals surface area contributed by atoms with E-state index in [1.54, 1.807) is 34.2 Å². The van der Waals surface area contributed by atoms with Crippen molar-refractivity contribution in [3.05, 3.63) is 144 Å². The summed E-state index contributed by atoms with van der Waals surface area (Å²) in [5, 5.41) is 18.8. The molecule has 12 heteroatoms. The fourth-order valence-electron chi connectivity index (χ4n) is 4.64. The molecule has 2 N–H and O–H groups in total. The highest BCUT2D eigenvalue weighted by molar-refractivity contribution is 6.30. The van der Waals surface area contributed by atoms with E-state index < -0.39 is 0 Å². The number of nitrogens with one attached hydrogen (secondary N) is 2. The van der Waals surface area contributed by atoms with Gasteiger partial charge in [-0.05, 0) is 60.7 Å². The summed E-state index contributed by atoms with van der Waals surface area (Å²) in [6.07, 6.45) is 10.5. The van der Waals surface area contributed by atoms with Gasteiger partial charge in [0.15, 0.2) is 23.3 Å². The maximum atomic E-state index is 5.90. The van der Waals surface area contributed by atoms with Gasteiger partial charge in [-0.1, -0.05) is 59.6 Å². The Morgan fingerprint density at radius 2 is 1.11 bits per heavy atom. The minimum atomic E-state index is 0.643. The third kappa shape index (κ3) is 6.63. The Balaban J connectivity index is 0.000000147. The van der Waals surface area contributed by atoms with Crippen LogP contribution in [0.4, 0.5) is 23.0 Å². The summed E-state index contributed by atoms with van der Waals surface area (Å²) >= 11 is 11.8. The Kier molecular flexibility index (Phi) is 8.19. The quantitative estimate of drug-likeness (QED) is 0.186. The summed E-state index contributed by atoms with van der Waals surface area (Å²) in [5.41, 5.74) is 3.70. The van der Waals surface area contributed by atoms with E-state index in [1.165, 1.54) is 0 Å². The van der Waals surface area contributed by atoms with Crippen molar-refractivity contribution in [2.45, 2.75) is 0 Å². The molecule has 224 valence electrons. The normalized spacial score (nSPS) is 10.8. The van der Waals surface area contributed by atoms with Gasteiger partial charge < -0.3 is 10.6 Å². The largest absolute Gasteiger partial charge is 0.339 e. The van der Waals surface area contributed by atoms with Crippen LogP contribution >= 0.6 is 23.2 Å². The van der Waals surface area contributed by atoms with Crippen LogP contribution in [0.5, 0.6) is 0 Å². The van der Waals surface area contributed by atoms with Crippen molar-refractivity contribution >= 4 is 68.0 Å². The SMILES string of the molecule is Clc1ccc(Nc2cncc(-n3cc4ccccc4n3)n2)cc1.Clc1ccc(Nc2cncc(-n3ncc4ccccc43)n2)cc1. The summed E-state index contributed by atoms with van der Waals surface area (Å²) in [4.78, 5) is 17.6. The fraction of sp³-hybridized carbons (Fsp3) is 0. The third-order valence-electron chi connectivity index (χ3n) is 6.82. The number of hydrogen-bond donors (Lipinski definition) is 2. The lowest BCUT2D eigenvalue weighted by Gasteiger charge is -2.07. The van der Waals surface area contributed by atoms with E-state index in [4.69, 9.17) is 23.2 Å². The van der Waals surface area contributed by atoms with Crippen LogP contribution in [0.2, 0.25) is 10.0 Å². The standard InChI is InChI=1S/2C17H12ClN5/c18-13-5-7-14(8-6-13)20-16-9-19-10-17(21-16)23-11-12-3-1-2-4-15(12)22-23;18-13-5-7-14(8-6-13)21-16-10-19-11-17(22-16)23-15-4-2-1-3-12(15)9-20-23/h1-11H,(H,20,21);1-11H,(H,21,22). The molecule has 0 aliphatic carbocycles. The predicted molar refractivity (Wildman–Crippen MR) is 183 cm³/mol. The molecule has 0 bridgehead atoms. The van der Waals surface area contributed by atoms with Gasteiger partial charge in [0, 0.05) is 38.4 Å². The number of fused-ring (bicyclic) bond motifs is 2. The highest BCUT2D eigenvalue weighted by Crippen LogP contribution is 2.21. The van der Waals surface area contributed by atoms with Crippen LogP contribution in [0.3, 0.4) is 0 Å². The van der Waals surface area contributed by atoms with Crippen LogP contribution in [0.15, 0.2) is 134 Å². The summed E-state index contributed by atoms with van der Waals surface area (Å²) in [6.45, 7) is 0. The summed E-state index contributed by atoms with van der Waals surface area (Å²) in [5.74, 6) is 2.60. The highest BCUT2D eigenvalue weighted by atomic mass is 35.5. The molecule has 0 fully saturated rings. The molecule has 0 radical (unpaired) electrons. The molecule has 8 aromatic rings. The van der Waals surface area contributed by atoms with Crippen molar-refractivity contribution in [2.24, 2.45) is 0 Å². The van der Waals surface area contributed by atoms with Crippen molar-refractivity contribution in [1.29, 1.82) is 0 Å². The van der Waals surface area contributed by atoms with E-state index in [0.717, 1.165) is 33.2 Å². The Labute approximate surface area is 273 Å². The Morgan fingerprint density at radius 3 is 1.76 bits per heavy atom. The van der Waals surface area contributed by atoms with Gasteiger partial charge in [-0.3, -0.25) is 9.97 Å². The van der Waals surface area contributed by atoms with Gasteiger partial charge in [0.1, 0.15) is 0 Å². The number of benzene rings is 4. The van der Waals surface area contributed by atoms with Gasteiger partial charge in [-0.25, -0.2) is 19.3 Å². The van der Waals surface area contributed by atoms with Crippen molar-refractivity contribution in [2.75, 3.05) is 10.6 Å². The minimum Gasteiger partial charge on any atom is -0.339 e. The van der Waals surface area contributed by atoms with E-state index in [1.807, 2.05) is 109 Å². The second-order valence-electron chi connectivity index (χ2n) is 10.0. The van der Waals surface area contributed by atoms with Gasteiger partial charge in [0.2, 0.25) is 0 Å². The van der Waals surface area contributed by atoms with E-state index in [-0.39, 0.29) is 0 Å². The molecule has 0 saturated heterocycles. The van der Waals surface area contributed by atoms with Gasteiger partial charge in [-0.2, -0.15) is 10.2 Å². The number of anilines is 4. The molecule has 4 aromatic heterocycles. The van der Waals surface area contributed by atoms with Gasteiger partial charge in [-0.15, -0.1) is 0 Å². The van der Waals surface area contributed by atoms with Crippen molar-refractivity contribution < 1.29 is 0 Å². The second-order valence-corrected chi connectivity index (χ2v) is 10.9. The van der Waals surface area contributed by atoms with Crippen LogP contribution in [0.25, 0.3) is 33.4 Å². The zero-order valence-electron chi connectivity index (χ0n) is 24.0. The lowest BCUT2D eigenvalue weighted by atomic mass is 10.3. The summed E-state index contributed by atoms with van der Waals surface area (Å²) in [7, 11) is 0. The van der Waals surface area contributed by atoms with Crippen molar-refractivity contribution in [1.82, 2.24) is 39.5 Å². The predicted octanol–water partition coefficient (Wildman–Crippen LogP) is 8.43. The lowest BCUT2D eigenvalue weighted by molar-refractivity contribution is 0.852. The monoisotopic (exact) mass is 642 g/mol. The number of hydrogen-bond acceptors (Lipinski definition) is 8. The van der Waals surface area contributed by atoms with Crippen molar-refractivity contribution in [3.63, 3.8) is 0 Å². The molecule has 0 amide bonds. The first-order valence-corrected chi connectivity index (χ1v) is 14.9. The number of halogens is 2. The molecule has 0 atom stereocenters. The van der Waals surface area contributed by atoms with E-state index in [0.29, 0.717) is 33.3 Å². The first-order chi connectivity index (χ1) is 22.6. The van der Waals surface area contributed by atoms with E-state index in [9.17, 15) is 0 Å². The molecule has 0 spiro atoms. The number of para-hydroxylation sites is 1. The maximum absolute atomic E-state index is 5.90. The molecule has 0 aliphatic heterocycles.